The zero-order valence-corrected chi connectivity index (χ0v) is 16.3. The summed E-state index contributed by atoms with van der Waals surface area (Å²) in [5.74, 6) is 0.949. The Morgan fingerprint density at radius 3 is 3.04 bits per heavy atom. The molecule has 0 spiro atoms. The molecule has 1 saturated carbocycles. The van der Waals surface area contributed by atoms with Gasteiger partial charge in [0.2, 0.25) is 5.91 Å². The quantitative estimate of drug-likeness (QED) is 0.596. The van der Waals surface area contributed by atoms with E-state index in [4.69, 9.17) is 9.47 Å². The number of rotatable bonds is 6. The minimum absolute atomic E-state index is 0.0109. The summed E-state index contributed by atoms with van der Waals surface area (Å²) in [5, 5.41) is 15.9. The molecule has 1 N–H and O–H groups in total. The first kappa shape index (κ1) is 18.6. The van der Waals surface area contributed by atoms with E-state index in [0.29, 0.717) is 36.3 Å². The van der Waals surface area contributed by atoms with E-state index in [1.165, 1.54) is 6.20 Å². The van der Waals surface area contributed by atoms with Gasteiger partial charge < -0.3 is 14.8 Å². The third kappa shape index (κ3) is 4.06. The van der Waals surface area contributed by atoms with E-state index >= 15 is 0 Å². The lowest BCUT2D eigenvalue weighted by Gasteiger charge is -2.11. The number of methoxy groups -OCH3 is 1. The number of aromatic nitrogens is 1. The maximum Gasteiger partial charge on any atom is 0.235 e. The van der Waals surface area contributed by atoms with Crippen LogP contribution in [0.3, 0.4) is 0 Å². The lowest BCUT2D eigenvalue weighted by atomic mass is 10.1. The normalized spacial score (nSPS) is 20.5. The largest absolute Gasteiger partial charge is 0.489 e. The predicted octanol–water partition coefficient (Wildman–Crippen LogP) is 2.20. The van der Waals surface area contributed by atoms with Crippen LogP contribution in [0.5, 0.6) is 5.75 Å². The van der Waals surface area contributed by atoms with Crippen molar-refractivity contribution in [3.63, 3.8) is 0 Å². The van der Waals surface area contributed by atoms with Crippen molar-refractivity contribution in [2.24, 2.45) is 4.99 Å². The minimum atomic E-state index is -0.372. The summed E-state index contributed by atoms with van der Waals surface area (Å²) in [6.45, 7) is 0.776. The number of carbonyl (C=O) groups excluding carboxylic acids is 1. The second kappa shape index (κ2) is 8.09. The second-order valence-corrected chi connectivity index (χ2v) is 8.40. The highest BCUT2D eigenvalue weighted by Crippen LogP contribution is 2.31. The minimum Gasteiger partial charge on any atom is -0.489 e. The highest BCUT2D eigenvalue weighted by molar-refractivity contribution is 8.29. The Morgan fingerprint density at radius 1 is 1.43 bits per heavy atom. The third-order valence-electron chi connectivity index (χ3n) is 4.40. The summed E-state index contributed by atoms with van der Waals surface area (Å²) in [6.07, 6.45) is 3.71. The van der Waals surface area contributed by atoms with Crippen molar-refractivity contribution in [3.05, 3.63) is 35.5 Å². The molecule has 7 nitrogen and oxygen atoms in total. The second-order valence-electron chi connectivity index (χ2n) is 6.64. The van der Waals surface area contributed by atoms with Crippen LogP contribution in [0.25, 0.3) is 10.9 Å². The van der Waals surface area contributed by atoms with Crippen LogP contribution in [0.4, 0.5) is 0 Å². The number of amidine groups is 1. The van der Waals surface area contributed by atoms with Gasteiger partial charge >= 0.3 is 0 Å². The van der Waals surface area contributed by atoms with Gasteiger partial charge in [0.15, 0.2) is 5.17 Å². The van der Waals surface area contributed by atoms with E-state index in [1.54, 1.807) is 7.11 Å². The Labute approximate surface area is 165 Å². The number of pyridine rings is 1. The van der Waals surface area contributed by atoms with Crippen LogP contribution in [0.1, 0.15) is 24.0 Å². The van der Waals surface area contributed by atoms with E-state index in [9.17, 15) is 10.1 Å². The monoisotopic (exact) mass is 396 g/mol. The first-order valence-corrected chi connectivity index (χ1v) is 10.5. The zero-order valence-electron chi connectivity index (χ0n) is 15.5. The van der Waals surface area contributed by atoms with E-state index < -0.39 is 0 Å². The molecule has 1 aliphatic carbocycles. The molecule has 2 aromatic rings. The molecule has 1 aliphatic heterocycles. The molecule has 1 unspecified atom stereocenters. The highest BCUT2D eigenvalue weighted by atomic mass is 32.2. The Hall–Kier alpha value is -2.76. The van der Waals surface area contributed by atoms with Crippen LogP contribution in [-0.2, 0) is 9.53 Å². The van der Waals surface area contributed by atoms with Crippen LogP contribution < -0.4 is 10.1 Å². The lowest BCUT2D eigenvalue weighted by Crippen LogP contribution is -2.20. The Bertz CT molecular complexity index is 1040. The van der Waals surface area contributed by atoms with Gasteiger partial charge in [-0.3, -0.25) is 14.8 Å². The molecule has 0 radical (unpaired) electrons. The number of nitriles is 1. The highest BCUT2D eigenvalue weighted by Gasteiger charge is 2.26. The number of nitrogens with one attached hydrogen (secondary N) is 1. The van der Waals surface area contributed by atoms with Gasteiger partial charge in [0.25, 0.3) is 0 Å². The number of amides is 1. The fourth-order valence-electron chi connectivity index (χ4n) is 2.88. The lowest BCUT2D eigenvalue weighted by molar-refractivity contribution is -0.116. The number of ether oxygens (including phenoxy) is 2. The van der Waals surface area contributed by atoms with Crippen molar-refractivity contribution in [1.82, 2.24) is 10.3 Å². The molecule has 144 valence electrons. The van der Waals surface area contributed by atoms with Gasteiger partial charge in [0.1, 0.15) is 24.0 Å². The zero-order chi connectivity index (χ0) is 19.5. The first-order valence-electron chi connectivity index (χ1n) is 9.05. The number of carbonyl (C=O) groups is 1. The molecule has 4 rings (SSSR count). The molecule has 1 amide bonds. The summed E-state index contributed by atoms with van der Waals surface area (Å²) in [6, 6.07) is 8.31. The van der Waals surface area contributed by atoms with Crippen LogP contribution in [0.2, 0.25) is 0 Å². The molecule has 1 atom stereocenters. The molecule has 0 bridgehead atoms. The SMILES string of the molecule is COCCOc1c(C#N)cnc2ccc(C=S3CC(=O)NC3=NC3CC3)cc12. The van der Waals surface area contributed by atoms with Crippen LogP contribution >= 0.6 is 10.5 Å². The smallest absolute Gasteiger partial charge is 0.235 e. The van der Waals surface area contributed by atoms with Gasteiger partial charge in [-0.25, -0.2) is 0 Å². The molecule has 2 aliphatic rings. The number of aliphatic imine (C=N–C) groups is 1. The number of hydrogen-bond acceptors (Lipinski definition) is 6. The Balaban J connectivity index is 1.73. The van der Waals surface area contributed by atoms with Crippen molar-refractivity contribution in [1.29, 1.82) is 5.26 Å². The molecule has 1 aromatic heterocycles. The topological polar surface area (TPSA) is 96.6 Å². The predicted molar refractivity (Wildman–Crippen MR) is 110 cm³/mol. The number of benzene rings is 1. The van der Waals surface area contributed by atoms with Crippen molar-refractivity contribution in [3.8, 4) is 11.8 Å². The Morgan fingerprint density at radius 2 is 2.29 bits per heavy atom. The van der Waals surface area contributed by atoms with Gasteiger partial charge in [0.05, 0.1) is 23.9 Å². The van der Waals surface area contributed by atoms with E-state index in [-0.39, 0.29) is 16.4 Å². The molecule has 8 heteroatoms. The number of hydrogen-bond donors (Lipinski definition) is 1. The molecule has 2 heterocycles. The Kier molecular flexibility index (Phi) is 5.37. The van der Waals surface area contributed by atoms with Gasteiger partial charge in [-0.15, -0.1) is 10.5 Å². The molecule has 2 fully saturated rings. The van der Waals surface area contributed by atoms with Crippen LogP contribution in [0, 0.1) is 11.3 Å². The molecular weight excluding hydrogens is 376 g/mol. The van der Waals surface area contributed by atoms with E-state index in [1.807, 2.05) is 18.2 Å². The van der Waals surface area contributed by atoms with Crippen LogP contribution in [-0.4, -0.2) is 53.5 Å². The number of nitrogens with zero attached hydrogens (tertiary/aromatic N) is 3. The van der Waals surface area contributed by atoms with Gasteiger partial charge in [-0.1, -0.05) is 6.07 Å². The summed E-state index contributed by atoms with van der Waals surface area (Å²) in [5.41, 5.74) is 2.08. The maximum absolute atomic E-state index is 11.9. The van der Waals surface area contributed by atoms with Gasteiger partial charge in [-0.2, -0.15) is 5.26 Å². The maximum atomic E-state index is 11.9. The average molecular weight is 396 g/mol. The molecular formula is C20H20N4O3S. The molecule has 28 heavy (non-hydrogen) atoms. The first-order chi connectivity index (χ1) is 13.7. The third-order valence-corrected chi connectivity index (χ3v) is 6.24. The van der Waals surface area contributed by atoms with Crippen molar-refractivity contribution < 1.29 is 14.3 Å². The summed E-state index contributed by atoms with van der Waals surface area (Å²) in [4.78, 5) is 20.9. The van der Waals surface area contributed by atoms with Crippen molar-refractivity contribution in [2.45, 2.75) is 18.9 Å². The average Bonchev–Trinajstić information content (AvgIpc) is 3.44. The molecule has 1 saturated heterocycles. The fraction of sp³-hybridized carbons (Fsp3) is 0.350. The summed E-state index contributed by atoms with van der Waals surface area (Å²) >= 11 is 0. The van der Waals surface area contributed by atoms with Crippen LogP contribution in [0.15, 0.2) is 29.4 Å². The van der Waals surface area contributed by atoms with Crippen molar-refractivity contribution >= 4 is 37.8 Å². The number of fused-ring (bicyclic) bond motifs is 1. The van der Waals surface area contributed by atoms with Crippen molar-refractivity contribution in [2.75, 3.05) is 26.1 Å². The van der Waals surface area contributed by atoms with Gasteiger partial charge in [-0.05, 0) is 35.9 Å². The van der Waals surface area contributed by atoms with Gasteiger partial charge in [0, 0.05) is 18.7 Å². The van der Waals surface area contributed by atoms with E-state index in [0.717, 1.165) is 34.5 Å². The standard InChI is InChI=1S/C20H20N4O3S/c1-26-6-7-27-19-14(9-21)10-22-17-5-2-13(8-16(17)19)11-28-12-18(25)24-20(28)23-15-3-4-15/h2,5,8,10-11,15H,3-4,6-7,12H2,1H3,(H,23,24,25). The van der Waals surface area contributed by atoms with E-state index in [2.05, 4.69) is 26.7 Å². The summed E-state index contributed by atoms with van der Waals surface area (Å²) < 4.78 is 10.9. The fourth-order valence-corrected chi connectivity index (χ4v) is 4.57. The molecule has 1 aromatic carbocycles. The summed E-state index contributed by atoms with van der Waals surface area (Å²) in [7, 11) is 1.23.